The summed E-state index contributed by atoms with van der Waals surface area (Å²) in [4.78, 5) is 11.8. The van der Waals surface area contributed by atoms with Crippen LogP contribution in [0, 0.1) is 0 Å². The largest absolute Gasteiger partial charge is 0.370 e. The number of aromatic nitrogens is 1. The number of anilines is 2. The Morgan fingerprint density at radius 2 is 1.90 bits per heavy atom. The SMILES string of the molecule is CN1CCC(N=C(N)Nc2ccc3nc(N[C@@H]4CCc5ccccc54)ccc3c2)CC1. The number of piperidine rings is 1. The Kier molecular flexibility index (Phi) is 5.47. The third kappa shape index (κ3) is 4.49. The van der Waals surface area contributed by atoms with E-state index in [4.69, 9.17) is 10.7 Å². The van der Waals surface area contributed by atoms with Gasteiger partial charge in [0.1, 0.15) is 5.82 Å². The minimum atomic E-state index is 0.306. The van der Waals surface area contributed by atoms with Crippen LogP contribution >= 0.6 is 0 Å². The van der Waals surface area contributed by atoms with E-state index in [1.54, 1.807) is 0 Å². The molecule has 2 heterocycles. The molecule has 1 aromatic heterocycles. The average molecular weight is 415 g/mol. The van der Waals surface area contributed by atoms with Crippen molar-refractivity contribution in [1.29, 1.82) is 0 Å². The number of hydrogen-bond donors (Lipinski definition) is 3. The number of pyridine rings is 1. The Bertz CT molecular complexity index is 1100. The van der Waals surface area contributed by atoms with Crippen molar-refractivity contribution >= 4 is 28.4 Å². The fraction of sp³-hybridized carbons (Fsp3) is 0.360. The molecule has 0 amide bonds. The molecule has 160 valence electrons. The first kappa shape index (κ1) is 19.8. The number of nitrogens with one attached hydrogen (secondary N) is 2. The number of hydrogen-bond acceptors (Lipinski definition) is 4. The molecular formula is C25H30N6. The van der Waals surface area contributed by atoms with Crippen LogP contribution in [0.5, 0.6) is 0 Å². The molecule has 31 heavy (non-hydrogen) atoms. The second-order valence-electron chi connectivity index (χ2n) is 8.71. The summed E-state index contributed by atoms with van der Waals surface area (Å²) in [5.74, 6) is 1.40. The van der Waals surface area contributed by atoms with Gasteiger partial charge in [-0.25, -0.2) is 9.98 Å². The van der Waals surface area contributed by atoms with Crippen molar-refractivity contribution in [1.82, 2.24) is 9.88 Å². The fourth-order valence-corrected chi connectivity index (χ4v) is 4.67. The topological polar surface area (TPSA) is 78.6 Å². The molecule has 1 fully saturated rings. The maximum atomic E-state index is 6.17. The summed E-state index contributed by atoms with van der Waals surface area (Å²) in [6.07, 6.45) is 4.35. The molecule has 0 saturated carbocycles. The van der Waals surface area contributed by atoms with Crippen LogP contribution in [0.1, 0.15) is 36.4 Å². The van der Waals surface area contributed by atoms with E-state index in [0.717, 1.165) is 61.2 Å². The molecule has 1 aliphatic heterocycles. The number of rotatable bonds is 4. The number of likely N-dealkylation sites (tertiary alicyclic amines) is 1. The number of guanidine groups is 1. The summed E-state index contributed by atoms with van der Waals surface area (Å²) in [5.41, 5.74) is 10.9. The lowest BCUT2D eigenvalue weighted by atomic mass is 10.1. The van der Waals surface area contributed by atoms with Crippen LogP contribution in [0.2, 0.25) is 0 Å². The molecule has 1 saturated heterocycles. The lowest BCUT2D eigenvalue weighted by Gasteiger charge is -2.26. The van der Waals surface area contributed by atoms with Crippen molar-refractivity contribution < 1.29 is 0 Å². The van der Waals surface area contributed by atoms with Gasteiger partial charge in [-0.2, -0.15) is 0 Å². The van der Waals surface area contributed by atoms with Gasteiger partial charge in [0.05, 0.1) is 17.6 Å². The summed E-state index contributed by atoms with van der Waals surface area (Å²) >= 11 is 0. The highest BCUT2D eigenvalue weighted by molar-refractivity contribution is 5.95. The molecule has 6 heteroatoms. The Hall–Kier alpha value is -3.12. The molecule has 3 aromatic rings. The normalized spacial score (nSPS) is 20.0. The molecule has 0 bridgehead atoms. The smallest absolute Gasteiger partial charge is 0.193 e. The standard InChI is InChI=1S/C25H30N6/c1-31-14-12-19(13-15-31)27-25(26)28-20-8-10-22-18(16-20)7-11-24(29-22)30-23-9-6-17-4-2-3-5-21(17)23/h2-5,7-8,10-11,16,19,23H,6,9,12-15H2,1H3,(H,29,30)(H3,26,27,28)/t23-/m1/s1. The first-order valence-electron chi connectivity index (χ1n) is 11.2. The molecule has 0 spiro atoms. The lowest BCUT2D eigenvalue weighted by molar-refractivity contribution is 0.257. The summed E-state index contributed by atoms with van der Waals surface area (Å²) in [6, 6.07) is 19.6. The highest BCUT2D eigenvalue weighted by Gasteiger charge is 2.22. The first-order valence-corrected chi connectivity index (χ1v) is 11.2. The highest BCUT2D eigenvalue weighted by Crippen LogP contribution is 2.33. The molecule has 5 rings (SSSR count). The number of aryl methyl sites for hydroxylation is 1. The van der Waals surface area contributed by atoms with Crippen LogP contribution in [0.4, 0.5) is 11.5 Å². The van der Waals surface area contributed by atoms with Crippen LogP contribution in [0.3, 0.4) is 0 Å². The number of fused-ring (bicyclic) bond motifs is 2. The van der Waals surface area contributed by atoms with Crippen molar-refractivity contribution in [3.05, 3.63) is 65.7 Å². The van der Waals surface area contributed by atoms with Gasteiger partial charge in [0.25, 0.3) is 0 Å². The molecule has 2 aliphatic rings. The van der Waals surface area contributed by atoms with Gasteiger partial charge in [-0.1, -0.05) is 24.3 Å². The summed E-state index contributed by atoms with van der Waals surface area (Å²) in [7, 11) is 2.15. The van der Waals surface area contributed by atoms with Crippen molar-refractivity contribution in [3.63, 3.8) is 0 Å². The monoisotopic (exact) mass is 414 g/mol. The third-order valence-electron chi connectivity index (χ3n) is 6.43. The lowest BCUT2D eigenvalue weighted by Crippen LogP contribution is -2.34. The van der Waals surface area contributed by atoms with E-state index >= 15 is 0 Å². The van der Waals surface area contributed by atoms with E-state index in [2.05, 4.69) is 70.0 Å². The molecule has 1 atom stereocenters. The Balaban J connectivity index is 1.27. The molecule has 0 unspecified atom stereocenters. The van der Waals surface area contributed by atoms with Crippen molar-refractivity contribution in [2.24, 2.45) is 10.7 Å². The minimum Gasteiger partial charge on any atom is -0.370 e. The van der Waals surface area contributed by atoms with Crippen LogP contribution in [0.25, 0.3) is 10.9 Å². The van der Waals surface area contributed by atoms with Crippen LogP contribution in [0.15, 0.2) is 59.6 Å². The Labute approximate surface area is 183 Å². The molecule has 1 aliphatic carbocycles. The van der Waals surface area contributed by atoms with Gasteiger partial charge in [-0.3, -0.25) is 0 Å². The van der Waals surface area contributed by atoms with Gasteiger partial charge in [0, 0.05) is 11.1 Å². The van der Waals surface area contributed by atoms with E-state index in [1.807, 2.05) is 12.1 Å². The van der Waals surface area contributed by atoms with Gasteiger partial charge in [-0.15, -0.1) is 0 Å². The highest BCUT2D eigenvalue weighted by atomic mass is 15.1. The fourth-order valence-electron chi connectivity index (χ4n) is 4.67. The van der Waals surface area contributed by atoms with E-state index in [-0.39, 0.29) is 0 Å². The van der Waals surface area contributed by atoms with Crippen molar-refractivity contribution in [2.45, 2.75) is 37.8 Å². The zero-order chi connectivity index (χ0) is 21.2. The van der Waals surface area contributed by atoms with E-state index < -0.39 is 0 Å². The van der Waals surface area contributed by atoms with Gasteiger partial charge in [0.15, 0.2) is 5.96 Å². The van der Waals surface area contributed by atoms with Crippen molar-refractivity contribution in [3.8, 4) is 0 Å². The number of nitrogens with two attached hydrogens (primary N) is 1. The maximum absolute atomic E-state index is 6.17. The molecule has 6 nitrogen and oxygen atoms in total. The second-order valence-corrected chi connectivity index (χ2v) is 8.71. The minimum absolute atomic E-state index is 0.306. The number of benzene rings is 2. The molecule has 4 N–H and O–H groups in total. The van der Waals surface area contributed by atoms with E-state index in [0.29, 0.717) is 18.0 Å². The zero-order valence-corrected chi connectivity index (χ0v) is 18.0. The molecule has 2 aromatic carbocycles. The van der Waals surface area contributed by atoms with Gasteiger partial charge in [-0.05, 0) is 87.3 Å². The predicted molar refractivity (Wildman–Crippen MR) is 129 cm³/mol. The van der Waals surface area contributed by atoms with E-state index in [9.17, 15) is 0 Å². The number of nitrogens with zero attached hydrogens (tertiary/aromatic N) is 3. The summed E-state index contributed by atoms with van der Waals surface area (Å²) in [5, 5.41) is 7.94. The predicted octanol–water partition coefficient (Wildman–Crippen LogP) is 4.16. The second kappa shape index (κ2) is 8.55. The van der Waals surface area contributed by atoms with Crippen LogP contribution in [-0.2, 0) is 6.42 Å². The zero-order valence-electron chi connectivity index (χ0n) is 18.0. The van der Waals surface area contributed by atoms with Crippen LogP contribution < -0.4 is 16.4 Å². The quantitative estimate of drug-likeness (QED) is 0.441. The molecular weight excluding hydrogens is 384 g/mol. The summed E-state index contributed by atoms with van der Waals surface area (Å²) < 4.78 is 0. The van der Waals surface area contributed by atoms with Gasteiger partial charge >= 0.3 is 0 Å². The molecule has 0 radical (unpaired) electrons. The van der Waals surface area contributed by atoms with E-state index in [1.165, 1.54) is 11.1 Å². The van der Waals surface area contributed by atoms with Crippen molar-refractivity contribution in [2.75, 3.05) is 30.8 Å². The summed E-state index contributed by atoms with van der Waals surface area (Å²) in [6.45, 7) is 2.15. The Morgan fingerprint density at radius 1 is 1.06 bits per heavy atom. The average Bonchev–Trinajstić information content (AvgIpc) is 3.18. The third-order valence-corrected chi connectivity index (χ3v) is 6.43. The van der Waals surface area contributed by atoms with Gasteiger partial charge < -0.3 is 21.3 Å². The Morgan fingerprint density at radius 3 is 2.77 bits per heavy atom. The first-order chi connectivity index (χ1) is 15.1. The maximum Gasteiger partial charge on any atom is 0.193 e. The number of aliphatic imine (C=N–C) groups is 1. The van der Waals surface area contributed by atoms with Crippen LogP contribution in [-0.4, -0.2) is 42.0 Å². The van der Waals surface area contributed by atoms with Gasteiger partial charge in [0.2, 0.25) is 0 Å².